The Kier molecular flexibility index (Phi) is 5.19. The molecule has 7 heteroatoms. The second-order valence-corrected chi connectivity index (χ2v) is 7.08. The minimum absolute atomic E-state index is 0.0439. The molecular weight excluding hydrogens is 268 g/mol. The predicted octanol–water partition coefficient (Wildman–Crippen LogP) is 0.0926. The molecule has 1 aliphatic heterocycles. The third-order valence-electron chi connectivity index (χ3n) is 4.17. The Labute approximate surface area is 115 Å². The van der Waals surface area contributed by atoms with Crippen molar-refractivity contribution < 1.29 is 18.3 Å². The number of hydrogen-bond acceptors (Lipinski definition) is 4. The molecule has 3 unspecified atom stereocenters. The van der Waals surface area contributed by atoms with Crippen molar-refractivity contribution in [1.82, 2.24) is 9.03 Å². The highest BCUT2D eigenvalue weighted by Gasteiger charge is 2.42. The van der Waals surface area contributed by atoms with Gasteiger partial charge >= 0.3 is 0 Å². The van der Waals surface area contributed by atoms with E-state index in [1.165, 1.54) is 0 Å². The van der Waals surface area contributed by atoms with Gasteiger partial charge in [0, 0.05) is 32.2 Å². The molecule has 0 aromatic rings. The zero-order chi connectivity index (χ0) is 13.9. The minimum Gasteiger partial charge on any atom is -0.393 e. The first kappa shape index (κ1) is 15.2. The van der Waals surface area contributed by atoms with Crippen molar-refractivity contribution in [1.29, 1.82) is 0 Å². The van der Waals surface area contributed by atoms with Gasteiger partial charge in [-0.1, -0.05) is 6.42 Å². The summed E-state index contributed by atoms with van der Waals surface area (Å²) in [7, 11) is -1.91. The Morgan fingerprint density at radius 1 is 1.32 bits per heavy atom. The van der Waals surface area contributed by atoms with Gasteiger partial charge < -0.3 is 9.84 Å². The number of nitrogens with zero attached hydrogens (tertiary/aromatic N) is 1. The molecule has 1 saturated carbocycles. The number of hydrogen-bond donors (Lipinski definition) is 2. The Balaban J connectivity index is 2.01. The van der Waals surface area contributed by atoms with Gasteiger partial charge in [0.15, 0.2) is 0 Å². The van der Waals surface area contributed by atoms with Crippen LogP contribution in [0.1, 0.15) is 32.1 Å². The van der Waals surface area contributed by atoms with Gasteiger partial charge in [-0.05, 0) is 25.7 Å². The molecular formula is C12H24N2O4S. The summed E-state index contributed by atoms with van der Waals surface area (Å²) in [5, 5.41) is 9.99. The van der Waals surface area contributed by atoms with Gasteiger partial charge in [0.1, 0.15) is 0 Å². The Morgan fingerprint density at radius 2 is 2.11 bits per heavy atom. The van der Waals surface area contributed by atoms with E-state index in [4.69, 9.17) is 4.74 Å². The SMILES string of the molecule is COCCNS(=O)(=O)N1CCCC1C1CCCC1O. The Hall–Kier alpha value is -0.210. The molecule has 2 N–H and O–H groups in total. The van der Waals surface area contributed by atoms with Crippen LogP contribution in [0.4, 0.5) is 0 Å². The lowest BCUT2D eigenvalue weighted by Gasteiger charge is -2.30. The standard InChI is InChI=1S/C12H24N2O4S/c1-18-9-7-13-19(16,17)14-8-3-5-11(14)10-4-2-6-12(10)15/h10-13,15H,2-9H2,1H3. The summed E-state index contributed by atoms with van der Waals surface area (Å²) in [6, 6.07) is -0.0439. The Morgan fingerprint density at radius 3 is 2.74 bits per heavy atom. The first-order chi connectivity index (χ1) is 9.06. The molecule has 0 spiro atoms. The van der Waals surface area contributed by atoms with Crippen molar-refractivity contribution in [2.24, 2.45) is 5.92 Å². The van der Waals surface area contributed by atoms with E-state index in [9.17, 15) is 13.5 Å². The van der Waals surface area contributed by atoms with E-state index >= 15 is 0 Å². The second-order valence-electron chi connectivity index (χ2n) is 5.37. The molecule has 1 saturated heterocycles. The molecule has 2 rings (SSSR count). The smallest absolute Gasteiger partial charge is 0.279 e. The summed E-state index contributed by atoms with van der Waals surface area (Å²) < 4.78 is 33.5. The largest absolute Gasteiger partial charge is 0.393 e. The normalized spacial score (nSPS) is 33.1. The fraction of sp³-hybridized carbons (Fsp3) is 1.00. The number of nitrogens with one attached hydrogen (secondary N) is 1. The van der Waals surface area contributed by atoms with Gasteiger partial charge in [0.05, 0.1) is 12.7 Å². The number of ether oxygens (including phenoxy) is 1. The topological polar surface area (TPSA) is 78.9 Å². The van der Waals surface area contributed by atoms with Crippen LogP contribution in [0.2, 0.25) is 0 Å². The molecule has 0 amide bonds. The van der Waals surface area contributed by atoms with Crippen LogP contribution in [0.3, 0.4) is 0 Å². The first-order valence-electron chi connectivity index (χ1n) is 6.99. The number of aliphatic hydroxyl groups is 1. The average molecular weight is 292 g/mol. The number of aliphatic hydroxyl groups excluding tert-OH is 1. The molecule has 2 aliphatic rings. The third-order valence-corrected chi connectivity index (χ3v) is 5.81. The minimum atomic E-state index is -3.45. The van der Waals surface area contributed by atoms with E-state index in [2.05, 4.69) is 4.72 Å². The maximum atomic E-state index is 12.3. The van der Waals surface area contributed by atoms with E-state index in [1.807, 2.05) is 0 Å². The van der Waals surface area contributed by atoms with Crippen molar-refractivity contribution in [2.75, 3.05) is 26.8 Å². The van der Waals surface area contributed by atoms with Crippen LogP contribution in [-0.2, 0) is 14.9 Å². The highest BCUT2D eigenvalue weighted by molar-refractivity contribution is 7.87. The molecule has 1 heterocycles. The molecule has 6 nitrogen and oxygen atoms in total. The first-order valence-corrected chi connectivity index (χ1v) is 8.43. The van der Waals surface area contributed by atoms with E-state index in [1.54, 1.807) is 11.4 Å². The Bertz CT molecular complexity index is 387. The van der Waals surface area contributed by atoms with Gasteiger partial charge in [0.25, 0.3) is 10.2 Å². The maximum absolute atomic E-state index is 12.3. The van der Waals surface area contributed by atoms with Crippen LogP contribution in [0.15, 0.2) is 0 Å². The van der Waals surface area contributed by atoms with Gasteiger partial charge in [-0.2, -0.15) is 17.4 Å². The van der Waals surface area contributed by atoms with Crippen LogP contribution >= 0.6 is 0 Å². The van der Waals surface area contributed by atoms with Crippen molar-refractivity contribution in [3.63, 3.8) is 0 Å². The second kappa shape index (κ2) is 6.49. The van der Waals surface area contributed by atoms with Gasteiger partial charge in [-0.15, -0.1) is 0 Å². The summed E-state index contributed by atoms with van der Waals surface area (Å²) in [6.45, 7) is 1.20. The highest BCUT2D eigenvalue weighted by atomic mass is 32.2. The lowest BCUT2D eigenvalue weighted by atomic mass is 9.95. The van der Waals surface area contributed by atoms with Crippen LogP contribution in [0.5, 0.6) is 0 Å². The molecule has 19 heavy (non-hydrogen) atoms. The molecule has 2 fully saturated rings. The monoisotopic (exact) mass is 292 g/mol. The predicted molar refractivity (Wildman–Crippen MR) is 71.9 cm³/mol. The molecule has 0 radical (unpaired) electrons. The van der Waals surface area contributed by atoms with Gasteiger partial charge in [0.2, 0.25) is 0 Å². The average Bonchev–Trinajstić information content (AvgIpc) is 2.97. The molecule has 1 aliphatic carbocycles. The molecule has 0 aromatic carbocycles. The lowest BCUT2D eigenvalue weighted by molar-refractivity contribution is 0.0971. The van der Waals surface area contributed by atoms with Crippen LogP contribution in [0.25, 0.3) is 0 Å². The zero-order valence-electron chi connectivity index (χ0n) is 11.4. The number of methoxy groups -OCH3 is 1. The number of rotatable bonds is 6. The van der Waals surface area contributed by atoms with Gasteiger partial charge in [-0.3, -0.25) is 0 Å². The summed E-state index contributed by atoms with van der Waals surface area (Å²) >= 11 is 0. The lowest BCUT2D eigenvalue weighted by Crippen LogP contribution is -2.48. The van der Waals surface area contributed by atoms with Gasteiger partial charge in [-0.25, -0.2) is 0 Å². The van der Waals surface area contributed by atoms with E-state index < -0.39 is 10.2 Å². The van der Waals surface area contributed by atoms with E-state index in [-0.39, 0.29) is 24.6 Å². The van der Waals surface area contributed by atoms with Crippen molar-refractivity contribution in [2.45, 2.75) is 44.2 Å². The van der Waals surface area contributed by atoms with Crippen LogP contribution in [-0.4, -0.2) is 56.8 Å². The third kappa shape index (κ3) is 3.46. The maximum Gasteiger partial charge on any atom is 0.279 e. The summed E-state index contributed by atoms with van der Waals surface area (Å²) in [5.74, 6) is 0.0986. The molecule has 0 aromatic heterocycles. The zero-order valence-corrected chi connectivity index (χ0v) is 12.2. The van der Waals surface area contributed by atoms with Crippen LogP contribution < -0.4 is 4.72 Å². The fourth-order valence-corrected chi connectivity index (χ4v) is 4.76. The molecule has 0 bridgehead atoms. The molecule has 112 valence electrons. The van der Waals surface area contributed by atoms with E-state index in [0.29, 0.717) is 13.2 Å². The van der Waals surface area contributed by atoms with Crippen molar-refractivity contribution in [3.05, 3.63) is 0 Å². The summed E-state index contributed by atoms with van der Waals surface area (Å²) in [4.78, 5) is 0. The van der Waals surface area contributed by atoms with Crippen LogP contribution in [0, 0.1) is 5.92 Å². The van der Waals surface area contributed by atoms with Crippen molar-refractivity contribution in [3.8, 4) is 0 Å². The highest BCUT2D eigenvalue weighted by Crippen LogP contribution is 2.36. The molecule has 3 atom stereocenters. The van der Waals surface area contributed by atoms with E-state index in [0.717, 1.165) is 32.1 Å². The summed E-state index contributed by atoms with van der Waals surface area (Å²) in [5.41, 5.74) is 0. The van der Waals surface area contributed by atoms with Crippen molar-refractivity contribution >= 4 is 10.2 Å². The summed E-state index contributed by atoms with van der Waals surface area (Å²) in [6.07, 6.45) is 4.10. The quantitative estimate of drug-likeness (QED) is 0.680. The fourth-order valence-electron chi connectivity index (χ4n) is 3.27.